The smallest absolute Gasteiger partial charge is 0.186 e. The van der Waals surface area contributed by atoms with Crippen molar-refractivity contribution in [1.82, 2.24) is 0 Å². The molecule has 0 unspecified atom stereocenters. The third-order valence-corrected chi connectivity index (χ3v) is 2.10. The minimum absolute atomic E-state index is 0.0695. The molecule has 0 saturated carbocycles. The molecule has 4 heteroatoms. The van der Waals surface area contributed by atoms with E-state index < -0.39 is 0 Å². The molecule has 56 valence electrons. The van der Waals surface area contributed by atoms with Crippen LogP contribution in [0.5, 0.6) is 0 Å². The SMILES string of the molecule is N#CCC(=O)c1ccc(N)s1. The Hall–Kier alpha value is -1.34. The molecule has 11 heavy (non-hydrogen) atoms. The van der Waals surface area contributed by atoms with Crippen LogP contribution in [0.15, 0.2) is 12.1 Å². The van der Waals surface area contributed by atoms with Gasteiger partial charge in [0.25, 0.3) is 0 Å². The molecule has 0 amide bonds. The van der Waals surface area contributed by atoms with Gasteiger partial charge in [0.1, 0.15) is 0 Å². The maximum absolute atomic E-state index is 11.0. The molecule has 0 aliphatic rings. The molecule has 1 aromatic heterocycles. The number of nitrogen functional groups attached to an aromatic ring is 1. The van der Waals surface area contributed by atoms with Crippen molar-refractivity contribution in [3.8, 4) is 6.07 Å². The lowest BCUT2D eigenvalue weighted by Crippen LogP contribution is -1.92. The Labute approximate surface area is 68.1 Å². The van der Waals surface area contributed by atoms with Crippen LogP contribution in [0.2, 0.25) is 0 Å². The summed E-state index contributed by atoms with van der Waals surface area (Å²) in [4.78, 5) is 11.5. The van der Waals surface area contributed by atoms with Gasteiger partial charge in [0, 0.05) is 0 Å². The van der Waals surface area contributed by atoms with Crippen LogP contribution < -0.4 is 5.73 Å². The number of hydrogen-bond donors (Lipinski definition) is 1. The average molecular weight is 166 g/mol. The Morgan fingerprint density at radius 2 is 2.45 bits per heavy atom. The molecule has 0 aliphatic heterocycles. The molecule has 2 N–H and O–H groups in total. The van der Waals surface area contributed by atoms with Gasteiger partial charge < -0.3 is 5.73 Å². The first-order chi connectivity index (χ1) is 5.24. The molecule has 0 aliphatic carbocycles. The van der Waals surface area contributed by atoms with E-state index in [1.807, 2.05) is 0 Å². The van der Waals surface area contributed by atoms with E-state index in [1.165, 1.54) is 11.3 Å². The Balaban J connectivity index is 2.78. The van der Waals surface area contributed by atoms with Crippen LogP contribution in [0.1, 0.15) is 16.1 Å². The van der Waals surface area contributed by atoms with Crippen molar-refractivity contribution in [2.24, 2.45) is 0 Å². The number of nitriles is 1. The zero-order chi connectivity index (χ0) is 8.27. The normalized spacial score (nSPS) is 9.00. The summed E-state index contributed by atoms with van der Waals surface area (Å²) < 4.78 is 0. The summed E-state index contributed by atoms with van der Waals surface area (Å²) in [6.07, 6.45) is -0.0695. The third-order valence-electron chi connectivity index (χ3n) is 1.14. The first kappa shape index (κ1) is 7.76. The van der Waals surface area contributed by atoms with Crippen LogP contribution in [-0.4, -0.2) is 5.78 Å². The predicted molar refractivity (Wildman–Crippen MR) is 43.3 cm³/mol. The number of anilines is 1. The monoisotopic (exact) mass is 166 g/mol. The van der Waals surface area contributed by atoms with Crippen LogP contribution >= 0.6 is 11.3 Å². The van der Waals surface area contributed by atoms with E-state index in [-0.39, 0.29) is 12.2 Å². The zero-order valence-corrected chi connectivity index (χ0v) is 6.52. The highest BCUT2D eigenvalue weighted by Gasteiger charge is 2.06. The highest BCUT2D eigenvalue weighted by molar-refractivity contribution is 7.17. The summed E-state index contributed by atoms with van der Waals surface area (Å²) >= 11 is 1.21. The second-order valence-electron chi connectivity index (χ2n) is 1.96. The molecule has 1 aromatic rings. The van der Waals surface area contributed by atoms with Crippen LogP contribution in [-0.2, 0) is 0 Å². The van der Waals surface area contributed by atoms with E-state index in [4.69, 9.17) is 11.0 Å². The van der Waals surface area contributed by atoms with E-state index >= 15 is 0 Å². The Morgan fingerprint density at radius 1 is 1.73 bits per heavy atom. The highest BCUT2D eigenvalue weighted by atomic mass is 32.1. The number of Topliss-reactive ketones (excluding diaryl/α,β-unsaturated/α-hetero) is 1. The zero-order valence-electron chi connectivity index (χ0n) is 5.70. The molecule has 0 radical (unpaired) electrons. The average Bonchev–Trinajstić information content (AvgIpc) is 2.36. The fourth-order valence-corrected chi connectivity index (χ4v) is 1.37. The Morgan fingerprint density at radius 3 is 2.91 bits per heavy atom. The van der Waals surface area contributed by atoms with Crippen molar-refractivity contribution in [1.29, 1.82) is 5.26 Å². The van der Waals surface area contributed by atoms with Gasteiger partial charge in [-0.25, -0.2) is 0 Å². The fourth-order valence-electron chi connectivity index (χ4n) is 0.662. The lowest BCUT2D eigenvalue weighted by molar-refractivity contribution is 0.100. The van der Waals surface area contributed by atoms with E-state index in [0.29, 0.717) is 9.88 Å². The first-order valence-corrected chi connectivity index (χ1v) is 3.81. The molecule has 0 fully saturated rings. The quantitative estimate of drug-likeness (QED) is 0.676. The molecular formula is C7H6N2OS. The molecule has 0 aromatic carbocycles. The lowest BCUT2D eigenvalue weighted by Gasteiger charge is -1.85. The second-order valence-corrected chi connectivity index (χ2v) is 3.08. The molecule has 0 spiro atoms. The van der Waals surface area contributed by atoms with E-state index in [0.717, 1.165) is 0 Å². The van der Waals surface area contributed by atoms with Gasteiger partial charge in [0.05, 0.1) is 22.4 Å². The van der Waals surface area contributed by atoms with Gasteiger partial charge in [-0.1, -0.05) is 0 Å². The number of thiophene rings is 1. The second kappa shape index (κ2) is 3.17. The van der Waals surface area contributed by atoms with Gasteiger partial charge in [-0.3, -0.25) is 4.79 Å². The summed E-state index contributed by atoms with van der Waals surface area (Å²) in [7, 11) is 0. The summed E-state index contributed by atoms with van der Waals surface area (Å²) in [5.41, 5.74) is 5.40. The number of ketones is 1. The molecule has 0 saturated heterocycles. The molecule has 3 nitrogen and oxygen atoms in total. The molecule has 0 bridgehead atoms. The highest BCUT2D eigenvalue weighted by Crippen LogP contribution is 2.19. The van der Waals surface area contributed by atoms with Gasteiger partial charge in [0.15, 0.2) is 5.78 Å². The number of nitrogens with two attached hydrogens (primary N) is 1. The van der Waals surface area contributed by atoms with E-state index in [1.54, 1.807) is 18.2 Å². The van der Waals surface area contributed by atoms with Crippen molar-refractivity contribution in [3.05, 3.63) is 17.0 Å². The fraction of sp³-hybridized carbons (Fsp3) is 0.143. The van der Waals surface area contributed by atoms with Crippen molar-refractivity contribution in [3.63, 3.8) is 0 Å². The predicted octanol–water partition coefficient (Wildman–Crippen LogP) is 1.43. The van der Waals surface area contributed by atoms with Crippen molar-refractivity contribution in [2.75, 3.05) is 5.73 Å². The van der Waals surface area contributed by atoms with E-state index in [9.17, 15) is 4.79 Å². The van der Waals surface area contributed by atoms with Crippen molar-refractivity contribution in [2.45, 2.75) is 6.42 Å². The Bertz CT molecular complexity index is 310. The molecule has 0 atom stereocenters. The van der Waals surface area contributed by atoms with Crippen LogP contribution in [0, 0.1) is 11.3 Å². The molecular weight excluding hydrogens is 160 g/mol. The first-order valence-electron chi connectivity index (χ1n) is 2.99. The summed E-state index contributed by atoms with van der Waals surface area (Å²) in [6, 6.07) is 5.09. The maximum atomic E-state index is 11.0. The molecule has 1 rings (SSSR count). The summed E-state index contributed by atoms with van der Waals surface area (Å²) in [5, 5.41) is 8.81. The number of carbonyl (C=O) groups is 1. The number of carbonyl (C=O) groups excluding carboxylic acids is 1. The van der Waals surface area contributed by atoms with Gasteiger partial charge in [-0.05, 0) is 12.1 Å². The number of rotatable bonds is 2. The van der Waals surface area contributed by atoms with Crippen LogP contribution in [0.25, 0.3) is 0 Å². The minimum Gasteiger partial charge on any atom is -0.391 e. The summed E-state index contributed by atoms with van der Waals surface area (Å²) in [6.45, 7) is 0. The van der Waals surface area contributed by atoms with Crippen molar-refractivity contribution < 1.29 is 4.79 Å². The maximum Gasteiger partial charge on any atom is 0.186 e. The van der Waals surface area contributed by atoms with Gasteiger partial charge >= 0.3 is 0 Å². The number of hydrogen-bond acceptors (Lipinski definition) is 4. The lowest BCUT2D eigenvalue weighted by atomic mass is 10.2. The third kappa shape index (κ3) is 1.79. The van der Waals surface area contributed by atoms with Crippen molar-refractivity contribution >= 4 is 22.1 Å². The number of nitrogens with zero attached hydrogens (tertiary/aromatic N) is 1. The van der Waals surface area contributed by atoms with Gasteiger partial charge in [-0.15, -0.1) is 11.3 Å². The van der Waals surface area contributed by atoms with E-state index in [2.05, 4.69) is 0 Å². The summed E-state index contributed by atoms with van der Waals surface area (Å²) in [5.74, 6) is -0.158. The minimum atomic E-state index is -0.158. The molecule has 1 heterocycles. The Kier molecular flexibility index (Phi) is 2.24. The van der Waals surface area contributed by atoms with Gasteiger partial charge in [-0.2, -0.15) is 5.26 Å². The largest absolute Gasteiger partial charge is 0.391 e. The topological polar surface area (TPSA) is 66.9 Å². The standard InChI is InChI=1S/C7H6N2OS/c8-4-3-5(10)6-1-2-7(9)11-6/h1-2H,3,9H2. The van der Waals surface area contributed by atoms with Crippen LogP contribution in [0.4, 0.5) is 5.00 Å². The van der Waals surface area contributed by atoms with Gasteiger partial charge in [0.2, 0.25) is 0 Å². The van der Waals surface area contributed by atoms with Crippen LogP contribution in [0.3, 0.4) is 0 Å².